The van der Waals surface area contributed by atoms with E-state index in [1.807, 2.05) is 84.9 Å². The molecule has 224 valence electrons. The van der Waals surface area contributed by atoms with Gasteiger partial charge in [0.05, 0.1) is 0 Å². The van der Waals surface area contributed by atoms with Gasteiger partial charge >= 0.3 is 12.1 Å². The second-order valence-corrected chi connectivity index (χ2v) is 10.6. The van der Waals surface area contributed by atoms with Crippen LogP contribution in [0.25, 0.3) is 11.1 Å². The predicted octanol–water partition coefficient (Wildman–Crippen LogP) is 4.06. The number of ether oxygens (including phenoxy) is 1. The van der Waals surface area contributed by atoms with Gasteiger partial charge in [-0.1, -0.05) is 109 Å². The molecule has 0 radical (unpaired) electrons. The van der Waals surface area contributed by atoms with Crippen LogP contribution in [-0.2, 0) is 32.0 Å². The van der Waals surface area contributed by atoms with Crippen molar-refractivity contribution in [1.82, 2.24) is 16.0 Å². The molecule has 0 saturated carbocycles. The van der Waals surface area contributed by atoms with E-state index in [9.17, 15) is 19.2 Å². The fourth-order valence-electron chi connectivity index (χ4n) is 5.46. The van der Waals surface area contributed by atoms with Crippen LogP contribution in [0.4, 0.5) is 4.79 Å². The van der Waals surface area contributed by atoms with Crippen LogP contribution in [-0.4, -0.2) is 54.2 Å². The van der Waals surface area contributed by atoms with E-state index in [4.69, 9.17) is 9.84 Å². The van der Waals surface area contributed by atoms with Gasteiger partial charge in [-0.3, -0.25) is 14.4 Å². The molecular formula is C35H33N3O6. The summed E-state index contributed by atoms with van der Waals surface area (Å²) in [4.78, 5) is 50.8. The molecule has 44 heavy (non-hydrogen) atoms. The Balaban J connectivity index is 1.30. The van der Waals surface area contributed by atoms with E-state index in [1.165, 1.54) is 0 Å². The van der Waals surface area contributed by atoms with E-state index in [-0.39, 0.29) is 25.4 Å². The second-order valence-electron chi connectivity index (χ2n) is 10.6. The molecule has 1 aliphatic rings. The number of nitrogens with one attached hydrogen (secondary N) is 3. The quantitative estimate of drug-likeness (QED) is 0.196. The molecule has 0 aromatic heterocycles. The first-order valence-corrected chi connectivity index (χ1v) is 14.4. The van der Waals surface area contributed by atoms with Crippen LogP contribution in [0.1, 0.15) is 28.2 Å². The van der Waals surface area contributed by atoms with Crippen molar-refractivity contribution in [2.75, 3.05) is 13.2 Å². The number of aliphatic carboxylic acids is 1. The standard InChI is InChI=1S/C35H33N3O6/c39-32(40)21-36-33(41)30(19-23-11-3-1-4-12-23)37-34(42)31(20-24-13-5-2-6-14-24)38-35(43)44-22-29-27-17-9-7-15-25(27)26-16-8-10-18-28(26)29/h1-18,29-31H,19-22H2,(H,36,41)(H,37,42)(H,38,43)(H,39,40)/t30-,31-/m0/s1. The van der Waals surface area contributed by atoms with Crippen LogP contribution in [0.2, 0.25) is 0 Å². The fraction of sp³-hybridized carbons (Fsp3) is 0.200. The van der Waals surface area contributed by atoms with Gasteiger partial charge in [0, 0.05) is 18.8 Å². The van der Waals surface area contributed by atoms with Crippen LogP contribution in [0.5, 0.6) is 0 Å². The highest BCUT2D eigenvalue weighted by Crippen LogP contribution is 2.44. The molecule has 3 amide bonds. The first kappa shape index (κ1) is 30.0. The third-order valence-corrected chi connectivity index (χ3v) is 7.56. The van der Waals surface area contributed by atoms with Gasteiger partial charge < -0.3 is 25.8 Å². The predicted molar refractivity (Wildman–Crippen MR) is 165 cm³/mol. The lowest BCUT2D eigenvalue weighted by Crippen LogP contribution is -2.55. The number of fused-ring (bicyclic) bond motifs is 3. The zero-order valence-electron chi connectivity index (χ0n) is 23.9. The largest absolute Gasteiger partial charge is 0.480 e. The molecule has 1 aliphatic carbocycles. The van der Waals surface area contributed by atoms with Crippen molar-refractivity contribution in [3.63, 3.8) is 0 Å². The number of alkyl carbamates (subject to hydrolysis) is 1. The summed E-state index contributed by atoms with van der Waals surface area (Å²) < 4.78 is 5.70. The Morgan fingerprint density at radius 2 is 1.11 bits per heavy atom. The van der Waals surface area contributed by atoms with Crippen molar-refractivity contribution < 1.29 is 29.0 Å². The van der Waals surface area contributed by atoms with Gasteiger partial charge in [0.25, 0.3) is 0 Å². The molecule has 2 atom stereocenters. The van der Waals surface area contributed by atoms with Crippen LogP contribution in [0.3, 0.4) is 0 Å². The Morgan fingerprint density at radius 3 is 1.64 bits per heavy atom. The summed E-state index contributed by atoms with van der Waals surface area (Å²) in [5.41, 5.74) is 5.90. The van der Waals surface area contributed by atoms with Gasteiger partial charge in [0.15, 0.2) is 0 Å². The maximum absolute atomic E-state index is 13.6. The minimum absolute atomic E-state index is 0.0771. The lowest BCUT2D eigenvalue weighted by molar-refractivity contribution is -0.138. The van der Waals surface area contributed by atoms with Gasteiger partial charge in [-0.15, -0.1) is 0 Å². The van der Waals surface area contributed by atoms with Crippen LogP contribution in [0, 0.1) is 0 Å². The van der Waals surface area contributed by atoms with Crippen molar-refractivity contribution in [2.24, 2.45) is 0 Å². The van der Waals surface area contributed by atoms with Crippen molar-refractivity contribution in [3.8, 4) is 11.1 Å². The van der Waals surface area contributed by atoms with Crippen molar-refractivity contribution in [3.05, 3.63) is 131 Å². The van der Waals surface area contributed by atoms with Gasteiger partial charge in [-0.05, 0) is 33.4 Å². The Labute approximate surface area is 255 Å². The minimum atomic E-state index is -1.21. The Hall–Kier alpha value is -5.44. The fourth-order valence-corrected chi connectivity index (χ4v) is 5.46. The molecule has 9 nitrogen and oxygen atoms in total. The van der Waals surface area contributed by atoms with Crippen LogP contribution >= 0.6 is 0 Å². The summed E-state index contributed by atoms with van der Waals surface area (Å²) in [6, 6.07) is 32.1. The summed E-state index contributed by atoms with van der Waals surface area (Å²) in [7, 11) is 0. The Kier molecular flexibility index (Phi) is 9.66. The van der Waals surface area contributed by atoms with E-state index < -0.39 is 42.5 Å². The number of rotatable bonds is 12. The van der Waals surface area contributed by atoms with E-state index in [0.717, 1.165) is 33.4 Å². The third-order valence-electron chi connectivity index (χ3n) is 7.56. The molecule has 0 unspecified atom stereocenters. The van der Waals surface area contributed by atoms with Gasteiger partial charge in [-0.2, -0.15) is 0 Å². The van der Waals surface area contributed by atoms with Gasteiger partial charge in [0.2, 0.25) is 11.8 Å². The van der Waals surface area contributed by atoms with Crippen molar-refractivity contribution in [1.29, 1.82) is 0 Å². The highest BCUT2D eigenvalue weighted by molar-refractivity contribution is 5.92. The zero-order chi connectivity index (χ0) is 30.9. The molecule has 4 N–H and O–H groups in total. The molecule has 0 heterocycles. The molecule has 4 aromatic rings. The summed E-state index contributed by atoms with van der Waals surface area (Å²) in [6.45, 7) is -0.515. The maximum atomic E-state index is 13.6. The molecule has 9 heteroatoms. The molecule has 0 aliphatic heterocycles. The normalized spacial score (nSPS) is 13.1. The van der Waals surface area contributed by atoms with E-state index in [2.05, 4.69) is 16.0 Å². The number of hydrogen-bond acceptors (Lipinski definition) is 5. The second kappa shape index (κ2) is 14.2. The summed E-state index contributed by atoms with van der Waals surface area (Å²) in [6.07, 6.45) is -0.495. The molecule has 0 bridgehead atoms. The average Bonchev–Trinajstić information content (AvgIpc) is 3.36. The number of carboxylic acids is 1. The van der Waals surface area contributed by atoms with E-state index >= 15 is 0 Å². The Morgan fingerprint density at radius 1 is 0.636 bits per heavy atom. The van der Waals surface area contributed by atoms with Crippen molar-refractivity contribution in [2.45, 2.75) is 30.8 Å². The van der Waals surface area contributed by atoms with Gasteiger partial charge in [-0.25, -0.2) is 4.79 Å². The smallest absolute Gasteiger partial charge is 0.407 e. The highest BCUT2D eigenvalue weighted by atomic mass is 16.5. The first-order valence-electron chi connectivity index (χ1n) is 14.4. The highest BCUT2D eigenvalue weighted by Gasteiger charge is 2.31. The number of benzene rings is 4. The number of hydrogen-bond donors (Lipinski definition) is 4. The molecule has 5 rings (SSSR count). The van der Waals surface area contributed by atoms with Crippen LogP contribution in [0.15, 0.2) is 109 Å². The number of amides is 3. The lowest BCUT2D eigenvalue weighted by atomic mass is 9.98. The molecular weight excluding hydrogens is 558 g/mol. The number of carboxylic acid groups (broad SMARTS) is 1. The van der Waals surface area contributed by atoms with E-state index in [0.29, 0.717) is 0 Å². The summed E-state index contributed by atoms with van der Waals surface area (Å²) in [5, 5.41) is 16.8. The lowest BCUT2D eigenvalue weighted by Gasteiger charge is -2.23. The molecule has 0 fully saturated rings. The average molecular weight is 592 g/mol. The number of carbonyl (C=O) groups is 4. The minimum Gasteiger partial charge on any atom is -0.480 e. The monoisotopic (exact) mass is 591 g/mol. The Bertz CT molecular complexity index is 1580. The van der Waals surface area contributed by atoms with Crippen LogP contribution < -0.4 is 16.0 Å². The summed E-state index contributed by atoms with van der Waals surface area (Å²) >= 11 is 0. The SMILES string of the molecule is O=C(O)CNC(=O)[C@H](Cc1ccccc1)NC(=O)[C@H](Cc1ccccc1)NC(=O)OCC1c2ccccc2-c2ccccc21. The summed E-state index contributed by atoms with van der Waals surface area (Å²) in [5.74, 6) is -2.61. The number of carbonyl (C=O) groups excluding carboxylic acids is 3. The van der Waals surface area contributed by atoms with E-state index in [1.54, 1.807) is 24.3 Å². The topological polar surface area (TPSA) is 134 Å². The molecule has 0 spiro atoms. The first-order chi connectivity index (χ1) is 21.4. The van der Waals surface area contributed by atoms with Crippen molar-refractivity contribution >= 4 is 23.9 Å². The molecule has 0 saturated heterocycles. The molecule has 4 aromatic carbocycles. The third kappa shape index (κ3) is 7.49. The van der Waals surface area contributed by atoms with Gasteiger partial charge in [0.1, 0.15) is 25.2 Å². The maximum Gasteiger partial charge on any atom is 0.407 e. The zero-order valence-corrected chi connectivity index (χ0v) is 23.9.